The number of hydrogen-bond acceptors (Lipinski definition) is 4. The van der Waals surface area contributed by atoms with Crippen LogP contribution in [0.2, 0.25) is 0 Å². The second-order valence-electron chi connectivity index (χ2n) is 6.85. The number of hydrogen-bond donors (Lipinski definition) is 3. The molecule has 1 heterocycles. The van der Waals surface area contributed by atoms with Gasteiger partial charge >= 0.3 is 0 Å². The Labute approximate surface area is 127 Å². The molecule has 2 saturated carbocycles. The molecule has 0 aromatic rings. The summed E-state index contributed by atoms with van der Waals surface area (Å²) in [6.07, 6.45) is 7.34. The van der Waals surface area contributed by atoms with E-state index in [-0.39, 0.29) is 18.1 Å². The van der Waals surface area contributed by atoms with Crippen LogP contribution in [0.4, 0.5) is 0 Å². The Hall–Kier alpha value is -0.650. The molecule has 3 aliphatic rings. The van der Waals surface area contributed by atoms with Gasteiger partial charge in [0.25, 0.3) is 0 Å². The zero-order valence-corrected chi connectivity index (χ0v) is 13.2. The lowest BCUT2D eigenvalue weighted by molar-refractivity contribution is -0.126. The van der Waals surface area contributed by atoms with Gasteiger partial charge < -0.3 is 5.32 Å². The summed E-state index contributed by atoms with van der Waals surface area (Å²) in [6, 6.07) is 0. The van der Waals surface area contributed by atoms with Crippen LogP contribution in [0, 0.1) is 23.7 Å². The molecule has 1 saturated heterocycles. The van der Waals surface area contributed by atoms with Gasteiger partial charge in [0.05, 0.1) is 6.17 Å². The Morgan fingerprint density at radius 1 is 1.19 bits per heavy atom. The van der Waals surface area contributed by atoms with E-state index in [0.29, 0.717) is 18.0 Å². The van der Waals surface area contributed by atoms with Gasteiger partial charge in [0.2, 0.25) is 5.91 Å². The lowest BCUT2D eigenvalue weighted by atomic mass is 9.72. The van der Waals surface area contributed by atoms with Gasteiger partial charge in [-0.05, 0) is 63.2 Å². The summed E-state index contributed by atoms with van der Waals surface area (Å²) < 4.78 is 0. The van der Waals surface area contributed by atoms with Crippen LogP contribution >= 0.6 is 0 Å². The summed E-state index contributed by atoms with van der Waals surface area (Å²) in [6.45, 7) is 4.89. The van der Waals surface area contributed by atoms with E-state index < -0.39 is 0 Å². The fourth-order valence-electron chi connectivity index (χ4n) is 4.58. The molecule has 1 amide bonds. The van der Waals surface area contributed by atoms with Crippen molar-refractivity contribution in [3.05, 3.63) is 0 Å². The Morgan fingerprint density at radius 2 is 2.00 bits per heavy atom. The molecule has 0 radical (unpaired) electrons. The molecule has 2 aliphatic carbocycles. The first-order chi connectivity index (χ1) is 10.2. The smallest absolute Gasteiger partial charge is 0.223 e. The standard InChI is InChI=1S/C16H29N3O2/c1-3-14-18-15(19-21-14)11-6-7-12-10(9-11)5-8-13(12)16(20)17-4-2/h10-15,18-19H,3-9H2,1-2H3,(H,17,20)/t10?,11?,12?,13-,14?,15?/m1/s1. The maximum absolute atomic E-state index is 12.2. The molecular weight excluding hydrogens is 266 g/mol. The van der Waals surface area contributed by atoms with Crippen LogP contribution in [-0.2, 0) is 9.63 Å². The first-order valence-electron chi connectivity index (χ1n) is 8.67. The second-order valence-corrected chi connectivity index (χ2v) is 6.85. The summed E-state index contributed by atoms with van der Waals surface area (Å²) in [4.78, 5) is 17.7. The highest BCUT2D eigenvalue weighted by Gasteiger charge is 2.45. The van der Waals surface area contributed by atoms with E-state index in [4.69, 9.17) is 4.84 Å². The Balaban J connectivity index is 1.55. The molecule has 0 bridgehead atoms. The SMILES string of the molecule is CCNC(=O)[C@@H]1CCC2CC(C3NOC(CC)N3)CCC21. The predicted molar refractivity (Wildman–Crippen MR) is 81.0 cm³/mol. The van der Waals surface area contributed by atoms with Gasteiger partial charge in [-0.25, -0.2) is 0 Å². The fraction of sp³-hybridized carbons (Fsp3) is 0.938. The summed E-state index contributed by atoms with van der Waals surface area (Å²) in [5.74, 6) is 2.52. The van der Waals surface area contributed by atoms with Crippen molar-refractivity contribution in [1.29, 1.82) is 0 Å². The van der Waals surface area contributed by atoms with Crippen LogP contribution in [0.5, 0.6) is 0 Å². The van der Waals surface area contributed by atoms with E-state index in [1.165, 1.54) is 25.7 Å². The number of rotatable bonds is 4. The minimum atomic E-state index is 0.152. The Kier molecular flexibility index (Phi) is 4.82. The van der Waals surface area contributed by atoms with Crippen molar-refractivity contribution >= 4 is 5.91 Å². The minimum Gasteiger partial charge on any atom is -0.356 e. The average Bonchev–Trinajstić information content (AvgIpc) is 3.13. The van der Waals surface area contributed by atoms with Crippen LogP contribution in [0.1, 0.15) is 52.4 Å². The maximum Gasteiger partial charge on any atom is 0.223 e. The van der Waals surface area contributed by atoms with Crippen molar-refractivity contribution in [2.45, 2.75) is 64.8 Å². The third-order valence-electron chi connectivity index (χ3n) is 5.68. The largest absolute Gasteiger partial charge is 0.356 e. The molecule has 5 unspecified atom stereocenters. The summed E-state index contributed by atoms with van der Waals surface area (Å²) >= 11 is 0. The van der Waals surface area contributed by atoms with Crippen LogP contribution in [0.15, 0.2) is 0 Å². The molecule has 0 spiro atoms. The molecule has 5 heteroatoms. The number of amides is 1. The number of nitrogens with one attached hydrogen (secondary N) is 3. The van der Waals surface area contributed by atoms with Gasteiger partial charge in [-0.15, -0.1) is 0 Å². The van der Waals surface area contributed by atoms with Crippen molar-refractivity contribution in [3.63, 3.8) is 0 Å². The van der Waals surface area contributed by atoms with Crippen LogP contribution in [-0.4, -0.2) is 24.8 Å². The lowest BCUT2D eigenvalue weighted by Crippen LogP contribution is -2.44. The van der Waals surface area contributed by atoms with E-state index in [2.05, 4.69) is 23.0 Å². The predicted octanol–water partition coefficient (Wildman–Crippen LogP) is 1.75. The third-order valence-corrected chi connectivity index (χ3v) is 5.68. The van der Waals surface area contributed by atoms with Crippen molar-refractivity contribution in [1.82, 2.24) is 16.1 Å². The van der Waals surface area contributed by atoms with Crippen molar-refractivity contribution in [3.8, 4) is 0 Å². The first-order valence-corrected chi connectivity index (χ1v) is 8.67. The number of fused-ring (bicyclic) bond motifs is 1. The maximum atomic E-state index is 12.2. The highest BCUT2D eigenvalue weighted by molar-refractivity contribution is 5.79. The van der Waals surface area contributed by atoms with E-state index >= 15 is 0 Å². The van der Waals surface area contributed by atoms with E-state index in [1.807, 2.05) is 6.92 Å². The summed E-state index contributed by atoms with van der Waals surface area (Å²) in [5.41, 5.74) is 3.17. The Bertz CT molecular complexity index is 377. The third kappa shape index (κ3) is 3.10. The van der Waals surface area contributed by atoms with Crippen molar-refractivity contribution < 1.29 is 9.63 Å². The van der Waals surface area contributed by atoms with Gasteiger partial charge in [0.1, 0.15) is 6.23 Å². The zero-order valence-electron chi connectivity index (χ0n) is 13.2. The van der Waals surface area contributed by atoms with Gasteiger partial charge in [0, 0.05) is 12.5 Å². The normalized spacial score (nSPS) is 42.8. The van der Waals surface area contributed by atoms with Crippen molar-refractivity contribution in [2.24, 2.45) is 23.7 Å². The molecule has 120 valence electrons. The average molecular weight is 295 g/mol. The van der Waals surface area contributed by atoms with Crippen LogP contribution < -0.4 is 16.1 Å². The summed E-state index contributed by atoms with van der Waals surface area (Å²) in [5, 5.41) is 6.55. The quantitative estimate of drug-likeness (QED) is 0.739. The molecule has 0 aromatic carbocycles. The van der Waals surface area contributed by atoms with Gasteiger partial charge in [-0.3, -0.25) is 14.9 Å². The molecule has 3 fully saturated rings. The zero-order chi connectivity index (χ0) is 14.8. The van der Waals surface area contributed by atoms with E-state index in [1.54, 1.807) is 0 Å². The topological polar surface area (TPSA) is 62.4 Å². The molecule has 1 aliphatic heterocycles. The van der Waals surface area contributed by atoms with Crippen molar-refractivity contribution in [2.75, 3.05) is 6.54 Å². The summed E-state index contributed by atoms with van der Waals surface area (Å²) in [7, 11) is 0. The molecule has 21 heavy (non-hydrogen) atoms. The fourth-order valence-corrected chi connectivity index (χ4v) is 4.58. The molecular formula is C16H29N3O2. The Morgan fingerprint density at radius 3 is 2.71 bits per heavy atom. The highest BCUT2D eigenvalue weighted by Crippen LogP contribution is 2.48. The van der Waals surface area contributed by atoms with Gasteiger partial charge in [-0.2, -0.15) is 5.48 Å². The molecule has 3 N–H and O–H groups in total. The van der Waals surface area contributed by atoms with Gasteiger partial charge in [0.15, 0.2) is 0 Å². The monoisotopic (exact) mass is 295 g/mol. The molecule has 0 aromatic heterocycles. The van der Waals surface area contributed by atoms with Crippen LogP contribution in [0.25, 0.3) is 0 Å². The highest BCUT2D eigenvalue weighted by atomic mass is 16.7. The minimum absolute atomic E-state index is 0.152. The van der Waals surface area contributed by atoms with Gasteiger partial charge in [-0.1, -0.05) is 6.92 Å². The number of hydroxylamine groups is 1. The lowest BCUT2D eigenvalue weighted by Gasteiger charge is -2.36. The molecule has 6 atom stereocenters. The first kappa shape index (κ1) is 15.3. The van der Waals surface area contributed by atoms with E-state index in [9.17, 15) is 4.79 Å². The second kappa shape index (κ2) is 6.63. The molecule has 5 nitrogen and oxygen atoms in total. The van der Waals surface area contributed by atoms with E-state index in [0.717, 1.165) is 25.3 Å². The van der Waals surface area contributed by atoms with Crippen LogP contribution in [0.3, 0.4) is 0 Å². The number of carbonyl (C=O) groups is 1. The molecule has 3 rings (SSSR count). The number of carbonyl (C=O) groups excluding carboxylic acids is 1.